The van der Waals surface area contributed by atoms with Crippen LogP contribution in [0.1, 0.15) is 53.9 Å². The van der Waals surface area contributed by atoms with Gasteiger partial charge in [-0.25, -0.2) is 0 Å². The van der Waals surface area contributed by atoms with Crippen molar-refractivity contribution in [1.29, 1.82) is 0 Å². The van der Waals surface area contributed by atoms with Gasteiger partial charge in [0.25, 0.3) is 0 Å². The Kier molecular flexibility index (Phi) is 4.81. The Balaban J connectivity index is 2.32. The second-order valence-electron chi connectivity index (χ2n) is 6.75. The number of hydrogen-bond acceptors (Lipinski definition) is 2. The molecule has 0 heterocycles. The van der Waals surface area contributed by atoms with Crippen LogP contribution in [0.25, 0.3) is 0 Å². The number of hydrogen-bond donors (Lipinski definition) is 1. The molecule has 0 aromatic rings. The Morgan fingerprint density at radius 3 is 2.06 bits per heavy atom. The van der Waals surface area contributed by atoms with Gasteiger partial charge in [0, 0.05) is 0 Å². The molecule has 96 valence electrons. The van der Waals surface area contributed by atoms with Crippen LogP contribution < -0.4 is 0 Å². The average molecular weight is 228 g/mol. The first-order valence-corrected chi connectivity index (χ1v) is 6.58. The summed E-state index contributed by atoms with van der Waals surface area (Å²) >= 11 is 0. The fourth-order valence-electron chi connectivity index (χ4n) is 2.49. The fourth-order valence-corrected chi connectivity index (χ4v) is 2.49. The van der Waals surface area contributed by atoms with Gasteiger partial charge in [0.2, 0.25) is 0 Å². The first-order chi connectivity index (χ1) is 7.29. The first kappa shape index (κ1) is 14.0. The summed E-state index contributed by atoms with van der Waals surface area (Å²) in [5.41, 5.74) is -0.0775. The molecule has 0 radical (unpaired) electrons. The quantitative estimate of drug-likeness (QED) is 0.803. The lowest BCUT2D eigenvalue weighted by Crippen LogP contribution is -2.34. The van der Waals surface area contributed by atoms with Gasteiger partial charge in [0.1, 0.15) is 0 Å². The van der Waals surface area contributed by atoms with Gasteiger partial charge in [0.15, 0.2) is 0 Å². The van der Waals surface area contributed by atoms with Crippen LogP contribution >= 0.6 is 0 Å². The molecule has 0 aromatic carbocycles. The number of rotatable bonds is 3. The van der Waals surface area contributed by atoms with Crippen molar-refractivity contribution in [2.75, 3.05) is 6.61 Å². The molecular weight excluding hydrogens is 200 g/mol. The smallest absolute Gasteiger partial charge is 0.0821 e. The van der Waals surface area contributed by atoms with E-state index < -0.39 is 0 Å². The molecule has 3 unspecified atom stereocenters. The number of ether oxygens (including phenoxy) is 1. The van der Waals surface area contributed by atoms with Crippen LogP contribution in [0, 0.1) is 17.3 Å². The van der Waals surface area contributed by atoms with Gasteiger partial charge < -0.3 is 9.84 Å². The van der Waals surface area contributed by atoms with Crippen molar-refractivity contribution in [2.24, 2.45) is 17.3 Å². The molecule has 0 amide bonds. The monoisotopic (exact) mass is 228 g/mol. The highest BCUT2D eigenvalue weighted by Crippen LogP contribution is 2.31. The lowest BCUT2D eigenvalue weighted by Gasteiger charge is -2.33. The molecule has 0 aromatic heterocycles. The normalized spacial score (nSPS) is 33.8. The van der Waals surface area contributed by atoms with Crippen LogP contribution in [0.15, 0.2) is 0 Å². The van der Waals surface area contributed by atoms with E-state index in [1.54, 1.807) is 0 Å². The van der Waals surface area contributed by atoms with E-state index >= 15 is 0 Å². The summed E-state index contributed by atoms with van der Waals surface area (Å²) < 4.78 is 5.86. The van der Waals surface area contributed by atoms with Gasteiger partial charge in [-0.15, -0.1) is 0 Å². The lowest BCUT2D eigenvalue weighted by molar-refractivity contribution is -0.0696. The van der Waals surface area contributed by atoms with Gasteiger partial charge in [0.05, 0.1) is 18.8 Å². The number of aliphatic hydroxyl groups excluding tert-OH is 1. The average Bonchev–Trinajstić information content (AvgIpc) is 2.11. The van der Waals surface area contributed by atoms with E-state index in [4.69, 9.17) is 4.74 Å². The second-order valence-corrected chi connectivity index (χ2v) is 6.75. The molecule has 2 heteroatoms. The SMILES string of the molecule is CC1CC(C)CC(OCC(O)C(C)(C)C)C1. The van der Waals surface area contributed by atoms with E-state index in [1.165, 1.54) is 6.42 Å². The van der Waals surface area contributed by atoms with Gasteiger partial charge in [-0.2, -0.15) is 0 Å². The largest absolute Gasteiger partial charge is 0.390 e. The highest BCUT2D eigenvalue weighted by Gasteiger charge is 2.27. The summed E-state index contributed by atoms with van der Waals surface area (Å²) in [5.74, 6) is 1.53. The van der Waals surface area contributed by atoms with Crippen LogP contribution in [0.3, 0.4) is 0 Å². The Morgan fingerprint density at radius 2 is 1.62 bits per heavy atom. The summed E-state index contributed by atoms with van der Waals surface area (Å²) in [6.07, 6.45) is 3.63. The molecule has 1 fully saturated rings. The minimum atomic E-state index is -0.361. The summed E-state index contributed by atoms with van der Waals surface area (Å²) in [6, 6.07) is 0. The molecular formula is C14H28O2. The summed E-state index contributed by atoms with van der Waals surface area (Å²) in [7, 11) is 0. The fraction of sp³-hybridized carbons (Fsp3) is 1.00. The van der Waals surface area contributed by atoms with Gasteiger partial charge in [-0.05, 0) is 36.5 Å². The molecule has 1 saturated carbocycles. The van der Waals surface area contributed by atoms with Crippen molar-refractivity contribution in [1.82, 2.24) is 0 Å². The Hall–Kier alpha value is -0.0800. The first-order valence-electron chi connectivity index (χ1n) is 6.58. The third-order valence-corrected chi connectivity index (χ3v) is 3.62. The van der Waals surface area contributed by atoms with Crippen molar-refractivity contribution in [3.8, 4) is 0 Å². The third-order valence-electron chi connectivity index (χ3n) is 3.62. The van der Waals surface area contributed by atoms with Gasteiger partial charge >= 0.3 is 0 Å². The summed E-state index contributed by atoms with van der Waals surface area (Å²) in [4.78, 5) is 0. The molecule has 1 aliphatic rings. The van der Waals surface area contributed by atoms with E-state index in [9.17, 15) is 5.11 Å². The highest BCUT2D eigenvalue weighted by atomic mass is 16.5. The van der Waals surface area contributed by atoms with Gasteiger partial charge in [-0.3, -0.25) is 0 Å². The zero-order valence-corrected chi connectivity index (χ0v) is 11.5. The molecule has 2 nitrogen and oxygen atoms in total. The van der Waals surface area contributed by atoms with E-state index in [0.29, 0.717) is 12.7 Å². The maximum absolute atomic E-state index is 9.92. The van der Waals surface area contributed by atoms with Crippen LogP contribution in [0.2, 0.25) is 0 Å². The van der Waals surface area contributed by atoms with Crippen LogP contribution in [-0.2, 0) is 4.74 Å². The maximum atomic E-state index is 9.92. The second kappa shape index (κ2) is 5.50. The minimum absolute atomic E-state index is 0.0775. The molecule has 0 spiro atoms. The summed E-state index contributed by atoms with van der Waals surface area (Å²) in [6.45, 7) is 11.2. The Bertz CT molecular complexity index is 197. The number of aliphatic hydroxyl groups is 1. The van der Waals surface area contributed by atoms with E-state index in [2.05, 4.69) is 13.8 Å². The summed E-state index contributed by atoms with van der Waals surface area (Å²) in [5, 5.41) is 9.92. The zero-order valence-electron chi connectivity index (χ0n) is 11.5. The molecule has 3 atom stereocenters. The lowest BCUT2D eigenvalue weighted by atomic mass is 9.81. The molecule has 0 aliphatic heterocycles. The third kappa shape index (κ3) is 4.42. The predicted octanol–water partition coefficient (Wildman–Crippen LogP) is 3.23. The van der Waals surface area contributed by atoms with Crippen molar-refractivity contribution >= 4 is 0 Å². The van der Waals surface area contributed by atoms with Crippen LogP contribution in [0.4, 0.5) is 0 Å². The molecule has 1 N–H and O–H groups in total. The Labute approximate surface area is 100 Å². The van der Waals surface area contributed by atoms with E-state index in [-0.39, 0.29) is 11.5 Å². The topological polar surface area (TPSA) is 29.5 Å². The minimum Gasteiger partial charge on any atom is -0.390 e. The molecule has 0 saturated heterocycles. The molecule has 0 bridgehead atoms. The standard InChI is InChI=1S/C14H28O2/c1-10-6-11(2)8-12(7-10)16-9-13(15)14(3,4)5/h10-13,15H,6-9H2,1-5H3. The Morgan fingerprint density at radius 1 is 1.12 bits per heavy atom. The van der Waals surface area contributed by atoms with Crippen LogP contribution in [0.5, 0.6) is 0 Å². The van der Waals surface area contributed by atoms with Crippen molar-refractivity contribution in [3.63, 3.8) is 0 Å². The van der Waals surface area contributed by atoms with Crippen molar-refractivity contribution < 1.29 is 9.84 Å². The molecule has 1 rings (SSSR count). The van der Waals surface area contributed by atoms with E-state index in [0.717, 1.165) is 24.7 Å². The van der Waals surface area contributed by atoms with Crippen molar-refractivity contribution in [2.45, 2.75) is 66.1 Å². The maximum Gasteiger partial charge on any atom is 0.0821 e. The van der Waals surface area contributed by atoms with Crippen LogP contribution in [-0.4, -0.2) is 23.9 Å². The van der Waals surface area contributed by atoms with Crippen molar-refractivity contribution in [3.05, 3.63) is 0 Å². The predicted molar refractivity (Wildman–Crippen MR) is 67.4 cm³/mol. The molecule has 1 aliphatic carbocycles. The van der Waals surface area contributed by atoms with Gasteiger partial charge in [-0.1, -0.05) is 34.6 Å². The van der Waals surface area contributed by atoms with E-state index in [1.807, 2.05) is 20.8 Å². The highest BCUT2D eigenvalue weighted by molar-refractivity contribution is 4.77. The zero-order chi connectivity index (χ0) is 12.3. The molecule has 16 heavy (non-hydrogen) atoms.